The standard InChI is InChI=1S/C23H25N5O3/c1-3-15-9-16-11-17(10-15)24-6-8-27-18(12-20(23(27)29)30-4-2)14-31-21-5-7-28-22(26-21)19(16)13-25-28/h1,5,7,9-11,13,18,20-21,24,26H,4,6,8,12,14H2,2H3/t18-,20+,21?/m0/s1. The molecule has 0 aliphatic carbocycles. The molecule has 0 saturated carbocycles. The first kappa shape index (κ1) is 19.7. The summed E-state index contributed by atoms with van der Waals surface area (Å²) < 4.78 is 13.6. The van der Waals surface area contributed by atoms with E-state index in [2.05, 4.69) is 21.7 Å². The van der Waals surface area contributed by atoms with Crippen LogP contribution in [0.1, 0.15) is 18.9 Å². The molecular formula is C23H25N5O3. The second-order valence-corrected chi connectivity index (χ2v) is 7.83. The number of aromatic nitrogens is 2. The normalized spacial score (nSPS) is 24.6. The maximum Gasteiger partial charge on any atom is 0.252 e. The lowest BCUT2D eigenvalue weighted by Gasteiger charge is -2.28. The highest BCUT2D eigenvalue weighted by Crippen LogP contribution is 2.33. The molecular weight excluding hydrogens is 394 g/mol. The predicted octanol–water partition coefficient (Wildman–Crippen LogP) is 2.20. The molecule has 3 aliphatic heterocycles. The number of benzene rings is 1. The highest BCUT2D eigenvalue weighted by molar-refractivity contribution is 5.84. The van der Waals surface area contributed by atoms with Gasteiger partial charge in [-0.2, -0.15) is 5.10 Å². The fourth-order valence-corrected chi connectivity index (χ4v) is 4.41. The van der Waals surface area contributed by atoms with Gasteiger partial charge in [0.05, 0.1) is 18.8 Å². The van der Waals surface area contributed by atoms with E-state index in [9.17, 15) is 4.79 Å². The number of ether oxygens (including phenoxy) is 2. The number of terminal acetylenes is 1. The fourth-order valence-electron chi connectivity index (χ4n) is 4.41. The fraction of sp³-hybridized carbons (Fsp3) is 0.391. The molecule has 2 aromatic rings. The molecule has 4 bridgehead atoms. The zero-order valence-corrected chi connectivity index (χ0v) is 17.4. The summed E-state index contributed by atoms with van der Waals surface area (Å²) in [6.07, 6.45) is 11.2. The van der Waals surface area contributed by atoms with Crippen LogP contribution in [0.4, 0.5) is 11.5 Å². The molecule has 31 heavy (non-hydrogen) atoms. The number of amides is 1. The quantitative estimate of drug-likeness (QED) is 0.727. The Kier molecular flexibility index (Phi) is 5.14. The lowest BCUT2D eigenvalue weighted by Crippen LogP contribution is -2.41. The minimum absolute atomic E-state index is 0.0231. The molecule has 8 nitrogen and oxygen atoms in total. The van der Waals surface area contributed by atoms with Crippen LogP contribution in [0, 0.1) is 12.3 Å². The van der Waals surface area contributed by atoms with E-state index in [4.69, 9.17) is 15.9 Å². The molecule has 3 aliphatic rings. The van der Waals surface area contributed by atoms with Gasteiger partial charge in [0, 0.05) is 49.1 Å². The Morgan fingerprint density at radius 1 is 1.39 bits per heavy atom. The van der Waals surface area contributed by atoms with Crippen LogP contribution < -0.4 is 10.6 Å². The molecule has 1 amide bonds. The Bertz CT molecular complexity index is 1070. The van der Waals surface area contributed by atoms with Gasteiger partial charge in [-0.1, -0.05) is 5.92 Å². The third-order valence-electron chi connectivity index (χ3n) is 5.89. The first-order valence-electron chi connectivity index (χ1n) is 10.6. The van der Waals surface area contributed by atoms with Crippen LogP contribution in [0.15, 0.2) is 30.5 Å². The number of carbonyl (C=O) groups excluding carboxylic acids is 1. The van der Waals surface area contributed by atoms with Crippen molar-refractivity contribution in [3.8, 4) is 23.5 Å². The second-order valence-electron chi connectivity index (χ2n) is 7.83. The van der Waals surface area contributed by atoms with Gasteiger partial charge in [-0.05, 0) is 36.8 Å². The van der Waals surface area contributed by atoms with Crippen LogP contribution >= 0.6 is 0 Å². The van der Waals surface area contributed by atoms with Gasteiger partial charge in [-0.3, -0.25) is 4.79 Å². The largest absolute Gasteiger partial charge is 0.383 e. The van der Waals surface area contributed by atoms with Crippen LogP contribution in [0.3, 0.4) is 0 Å². The summed E-state index contributed by atoms with van der Waals surface area (Å²) in [5, 5.41) is 11.3. The molecule has 160 valence electrons. The highest BCUT2D eigenvalue weighted by atomic mass is 16.5. The molecule has 1 aromatic heterocycles. The van der Waals surface area contributed by atoms with Gasteiger partial charge in [0.15, 0.2) is 0 Å². The maximum absolute atomic E-state index is 12.9. The van der Waals surface area contributed by atoms with Crippen LogP contribution in [0.25, 0.3) is 17.3 Å². The van der Waals surface area contributed by atoms with Crippen LogP contribution in [-0.2, 0) is 14.3 Å². The van der Waals surface area contributed by atoms with E-state index in [1.165, 1.54) is 0 Å². The van der Waals surface area contributed by atoms with Gasteiger partial charge >= 0.3 is 0 Å². The van der Waals surface area contributed by atoms with Gasteiger partial charge in [0.25, 0.3) is 5.91 Å². The predicted molar refractivity (Wildman–Crippen MR) is 118 cm³/mol. The topological polar surface area (TPSA) is 80.6 Å². The summed E-state index contributed by atoms with van der Waals surface area (Å²) >= 11 is 0. The number of hydrogen-bond donors (Lipinski definition) is 2. The molecule has 1 unspecified atom stereocenters. The van der Waals surface area contributed by atoms with Gasteiger partial charge in [-0.15, -0.1) is 6.42 Å². The summed E-state index contributed by atoms with van der Waals surface area (Å²) in [6.45, 7) is 4.00. The SMILES string of the molecule is C#Cc1cc2cc(c1)-c1cnn3c1NC(C=C3)OC[C@@H]1C[C@@H](OCC)C(=O)N1CCN2. The van der Waals surface area contributed by atoms with Crippen LogP contribution in [0.5, 0.6) is 0 Å². The van der Waals surface area contributed by atoms with E-state index in [1.54, 1.807) is 4.68 Å². The molecule has 8 heteroatoms. The number of rotatable bonds is 2. The monoisotopic (exact) mass is 419 g/mol. The Hall–Kier alpha value is -3.28. The highest BCUT2D eigenvalue weighted by Gasteiger charge is 2.40. The summed E-state index contributed by atoms with van der Waals surface area (Å²) in [5.41, 5.74) is 3.59. The Labute approximate surface area is 181 Å². The number of nitrogens with zero attached hydrogens (tertiary/aromatic N) is 3. The third-order valence-corrected chi connectivity index (χ3v) is 5.89. The average Bonchev–Trinajstić information content (AvgIpc) is 3.33. The minimum Gasteiger partial charge on any atom is -0.383 e. The number of anilines is 2. The molecule has 1 saturated heterocycles. The van der Waals surface area contributed by atoms with Crippen molar-refractivity contribution in [2.45, 2.75) is 31.7 Å². The molecule has 1 aromatic carbocycles. The molecule has 5 rings (SSSR count). The first-order chi connectivity index (χ1) is 15.2. The summed E-state index contributed by atoms with van der Waals surface area (Å²) in [5.74, 6) is 3.59. The van der Waals surface area contributed by atoms with Crippen molar-refractivity contribution in [2.75, 3.05) is 36.9 Å². The average molecular weight is 419 g/mol. The maximum atomic E-state index is 12.9. The van der Waals surface area contributed by atoms with Crippen molar-refractivity contribution in [1.29, 1.82) is 0 Å². The van der Waals surface area contributed by atoms with E-state index >= 15 is 0 Å². The van der Waals surface area contributed by atoms with E-state index in [1.807, 2.05) is 48.5 Å². The molecule has 3 atom stereocenters. The zero-order chi connectivity index (χ0) is 21.4. The van der Waals surface area contributed by atoms with Crippen molar-refractivity contribution in [3.63, 3.8) is 0 Å². The number of carbonyl (C=O) groups is 1. The molecule has 2 N–H and O–H groups in total. The molecule has 4 heterocycles. The van der Waals surface area contributed by atoms with Gasteiger partial charge < -0.3 is 25.0 Å². The molecule has 1 fully saturated rings. The van der Waals surface area contributed by atoms with Crippen molar-refractivity contribution in [3.05, 3.63) is 36.0 Å². The molecule has 0 radical (unpaired) electrons. The van der Waals surface area contributed by atoms with Crippen LogP contribution in [-0.4, -0.2) is 65.3 Å². The van der Waals surface area contributed by atoms with Gasteiger partial charge in [0.1, 0.15) is 18.1 Å². The van der Waals surface area contributed by atoms with Gasteiger partial charge in [-0.25, -0.2) is 4.68 Å². The van der Waals surface area contributed by atoms with E-state index < -0.39 is 6.10 Å². The van der Waals surface area contributed by atoms with Crippen molar-refractivity contribution in [1.82, 2.24) is 14.7 Å². The summed E-state index contributed by atoms with van der Waals surface area (Å²) in [6, 6.07) is 5.92. The van der Waals surface area contributed by atoms with E-state index in [0.717, 1.165) is 28.2 Å². The summed E-state index contributed by atoms with van der Waals surface area (Å²) in [4.78, 5) is 14.8. The summed E-state index contributed by atoms with van der Waals surface area (Å²) in [7, 11) is 0. The third kappa shape index (κ3) is 3.67. The lowest BCUT2D eigenvalue weighted by atomic mass is 10.0. The van der Waals surface area contributed by atoms with E-state index in [-0.39, 0.29) is 18.2 Å². The number of nitrogens with one attached hydrogen (secondary N) is 2. The van der Waals surface area contributed by atoms with Crippen molar-refractivity contribution < 1.29 is 14.3 Å². The lowest BCUT2D eigenvalue weighted by molar-refractivity contribution is -0.138. The van der Waals surface area contributed by atoms with Gasteiger partial charge in [0.2, 0.25) is 0 Å². The second kappa shape index (κ2) is 8.10. The minimum atomic E-state index is -0.409. The zero-order valence-electron chi connectivity index (χ0n) is 17.4. The van der Waals surface area contributed by atoms with Crippen LogP contribution in [0.2, 0.25) is 0 Å². The van der Waals surface area contributed by atoms with Crippen molar-refractivity contribution in [2.24, 2.45) is 0 Å². The Morgan fingerprint density at radius 2 is 2.29 bits per heavy atom. The number of fused-ring (bicyclic) bond motifs is 5. The Balaban J connectivity index is 1.50. The smallest absolute Gasteiger partial charge is 0.252 e. The number of hydrogen-bond acceptors (Lipinski definition) is 6. The Morgan fingerprint density at radius 3 is 3.13 bits per heavy atom. The van der Waals surface area contributed by atoms with E-state index in [0.29, 0.717) is 32.7 Å². The molecule has 0 spiro atoms. The van der Waals surface area contributed by atoms with Crippen molar-refractivity contribution >= 4 is 23.6 Å². The first-order valence-corrected chi connectivity index (χ1v) is 10.6.